The molecule has 0 N–H and O–H groups in total. The molecule has 0 saturated heterocycles. The van der Waals surface area contributed by atoms with Gasteiger partial charge in [0.2, 0.25) is 11.7 Å². The zero-order valence-electron chi connectivity index (χ0n) is 11.8. The molecule has 0 spiro atoms. The Hall–Kier alpha value is -1.65. The first-order valence-corrected chi connectivity index (χ1v) is 6.91. The third-order valence-electron chi connectivity index (χ3n) is 2.85. The highest BCUT2D eigenvalue weighted by atomic mass is 35.5. The fraction of sp³-hybridized carbons (Fsp3) is 0.333. The lowest BCUT2D eigenvalue weighted by Crippen LogP contribution is -2.24. The maximum atomic E-state index is 5.96. The number of benzene rings is 1. The lowest BCUT2D eigenvalue weighted by atomic mass is 10.2. The normalized spacial score (nSPS) is 11.0. The SMILES string of the molecule is C=C(C)CN(CC)Cc1nc(-c2cccc(Cl)c2)no1. The molecule has 2 aromatic rings. The Morgan fingerprint density at radius 3 is 2.90 bits per heavy atom. The smallest absolute Gasteiger partial charge is 0.241 e. The molecule has 0 amide bonds. The van der Waals surface area contributed by atoms with Crippen LogP contribution in [0, 0.1) is 0 Å². The molecule has 20 heavy (non-hydrogen) atoms. The van der Waals surface area contributed by atoms with Gasteiger partial charge in [-0.25, -0.2) is 0 Å². The number of halogens is 1. The summed E-state index contributed by atoms with van der Waals surface area (Å²) in [5.41, 5.74) is 1.97. The zero-order chi connectivity index (χ0) is 14.5. The minimum Gasteiger partial charge on any atom is -0.338 e. The van der Waals surface area contributed by atoms with E-state index in [0.29, 0.717) is 23.3 Å². The van der Waals surface area contributed by atoms with E-state index in [9.17, 15) is 0 Å². The Labute approximate surface area is 124 Å². The molecule has 0 radical (unpaired) electrons. The molecule has 0 aliphatic heterocycles. The summed E-state index contributed by atoms with van der Waals surface area (Å²) in [6.07, 6.45) is 0. The van der Waals surface area contributed by atoms with Crippen LogP contribution in [0.25, 0.3) is 11.4 Å². The minimum absolute atomic E-state index is 0.564. The molecule has 0 aliphatic carbocycles. The molecule has 0 unspecified atom stereocenters. The predicted octanol–water partition coefficient (Wildman–Crippen LogP) is 3.79. The van der Waals surface area contributed by atoms with Gasteiger partial charge in [0.15, 0.2) is 0 Å². The molecule has 5 heteroatoms. The molecule has 1 aromatic heterocycles. The first-order chi connectivity index (χ1) is 9.58. The molecule has 0 aliphatic rings. The molecule has 2 rings (SSSR count). The molecular formula is C15H18ClN3O. The standard InChI is InChI=1S/C15H18ClN3O/c1-4-19(9-11(2)3)10-14-17-15(18-20-14)12-6-5-7-13(16)8-12/h5-8H,2,4,9-10H2,1,3H3. The van der Waals surface area contributed by atoms with Crippen molar-refractivity contribution in [3.8, 4) is 11.4 Å². The summed E-state index contributed by atoms with van der Waals surface area (Å²) < 4.78 is 5.30. The second-order valence-corrected chi connectivity index (χ2v) is 5.22. The van der Waals surface area contributed by atoms with Crippen molar-refractivity contribution in [1.82, 2.24) is 15.0 Å². The molecule has 0 fully saturated rings. The van der Waals surface area contributed by atoms with Gasteiger partial charge in [-0.2, -0.15) is 4.98 Å². The van der Waals surface area contributed by atoms with E-state index in [1.54, 1.807) is 0 Å². The van der Waals surface area contributed by atoms with Crippen molar-refractivity contribution in [2.24, 2.45) is 0 Å². The van der Waals surface area contributed by atoms with Crippen molar-refractivity contribution < 1.29 is 4.52 Å². The average molecular weight is 292 g/mol. The largest absolute Gasteiger partial charge is 0.338 e. The molecule has 106 valence electrons. The number of likely N-dealkylation sites (N-methyl/N-ethyl adjacent to an activating group) is 1. The topological polar surface area (TPSA) is 42.2 Å². The number of hydrogen-bond donors (Lipinski definition) is 0. The van der Waals surface area contributed by atoms with E-state index < -0.39 is 0 Å². The van der Waals surface area contributed by atoms with E-state index in [0.717, 1.165) is 24.2 Å². The summed E-state index contributed by atoms with van der Waals surface area (Å²) in [5.74, 6) is 1.16. The highest BCUT2D eigenvalue weighted by molar-refractivity contribution is 6.30. The number of rotatable bonds is 6. The van der Waals surface area contributed by atoms with Gasteiger partial charge >= 0.3 is 0 Å². The fourth-order valence-corrected chi connectivity index (χ4v) is 2.11. The van der Waals surface area contributed by atoms with E-state index in [-0.39, 0.29) is 0 Å². The van der Waals surface area contributed by atoms with Crippen molar-refractivity contribution in [2.75, 3.05) is 13.1 Å². The molecule has 0 bridgehead atoms. The van der Waals surface area contributed by atoms with Gasteiger partial charge < -0.3 is 4.52 Å². The Balaban J connectivity index is 2.10. The summed E-state index contributed by atoms with van der Waals surface area (Å²) in [6, 6.07) is 7.42. The van der Waals surface area contributed by atoms with Crippen molar-refractivity contribution in [3.63, 3.8) is 0 Å². The van der Waals surface area contributed by atoms with Crippen LogP contribution in [-0.4, -0.2) is 28.1 Å². The average Bonchev–Trinajstić information content (AvgIpc) is 2.86. The molecule has 0 atom stereocenters. The number of hydrogen-bond acceptors (Lipinski definition) is 4. The summed E-state index contributed by atoms with van der Waals surface area (Å²) in [4.78, 5) is 6.60. The molecular weight excluding hydrogens is 274 g/mol. The van der Waals surface area contributed by atoms with Crippen LogP contribution in [0.3, 0.4) is 0 Å². The fourth-order valence-electron chi connectivity index (χ4n) is 1.92. The van der Waals surface area contributed by atoms with Crippen molar-refractivity contribution >= 4 is 11.6 Å². The Morgan fingerprint density at radius 1 is 1.45 bits per heavy atom. The Bertz CT molecular complexity index is 594. The van der Waals surface area contributed by atoms with Crippen molar-refractivity contribution in [1.29, 1.82) is 0 Å². The van der Waals surface area contributed by atoms with Crippen LogP contribution < -0.4 is 0 Å². The summed E-state index contributed by atoms with van der Waals surface area (Å²) >= 11 is 5.96. The van der Waals surface area contributed by atoms with Gasteiger partial charge in [-0.05, 0) is 25.6 Å². The van der Waals surface area contributed by atoms with E-state index in [4.69, 9.17) is 16.1 Å². The minimum atomic E-state index is 0.564. The van der Waals surface area contributed by atoms with Crippen molar-refractivity contribution in [3.05, 3.63) is 47.3 Å². The summed E-state index contributed by atoms with van der Waals surface area (Å²) in [7, 11) is 0. The van der Waals surface area contributed by atoms with E-state index in [1.165, 1.54) is 0 Å². The van der Waals surface area contributed by atoms with E-state index in [2.05, 4.69) is 28.5 Å². The first kappa shape index (κ1) is 14.8. The van der Waals surface area contributed by atoms with Crippen LogP contribution in [0.5, 0.6) is 0 Å². The van der Waals surface area contributed by atoms with Gasteiger partial charge in [-0.3, -0.25) is 4.90 Å². The van der Waals surface area contributed by atoms with Crippen LogP contribution in [0.2, 0.25) is 5.02 Å². The van der Waals surface area contributed by atoms with Crippen LogP contribution in [0.4, 0.5) is 0 Å². The maximum absolute atomic E-state index is 5.96. The van der Waals surface area contributed by atoms with Crippen LogP contribution in [0.1, 0.15) is 19.7 Å². The van der Waals surface area contributed by atoms with Crippen LogP contribution >= 0.6 is 11.6 Å². The predicted molar refractivity (Wildman–Crippen MR) is 80.5 cm³/mol. The first-order valence-electron chi connectivity index (χ1n) is 6.53. The summed E-state index contributed by atoms with van der Waals surface area (Å²) in [5, 5.41) is 4.66. The quantitative estimate of drug-likeness (QED) is 0.760. The number of aromatic nitrogens is 2. The van der Waals surface area contributed by atoms with Gasteiger partial charge in [0.25, 0.3) is 0 Å². The van der Waals surface area contributed by atoms with E-state index >= 15 is 0 Å². The molecule has 4 nitrogen and oxygen atoms in total. The lowest BCUT2D eigenvalue weighted by molar-refractivity contribution is 0.252. The summed E-state index contributed by atoms with van der Waals surface area (Å²) in [6.45, 7) is 10.4. The van der Waals surface area contributed by atoms with Gasteiger partial charge in [0.1, 0.15) is 0 Å². The monoisotopic (exact) mass is 291 g/mol. The lowest BCUT2D eigenvalue weighted by Gasteiger charge is -2.17. The third kappa shape index (κ3) is 3.92. The van der Waals surface area contributed by atoms with E-state index in [1.807, 2.05) is 31.2 Å². The molecule has 1 heterocycles. The van der Waals surface area contributed by atoms with Gasteiger partial charge in [-0.15, -0.1) is 0 Å². The molecule has 1 aromatic carbocycles. The van der Waals surface area contributed by atoms with Crippen LogP contribution in [0.15, 0.2) is 40.9 Å². The van der Waals surface area contributed by atoms with Gasteiger partial charge in [0.05, 0.1) is 6.54 Å². The maximum Gasteiger partial charge on any atom is 0.241 e. The zero-order valence-corrected chi connectivity index (χ0v) is 12.5. The second-order valence-electron chi connectivity index (χ2n) is 4.78. The van der Waals surface area contributed by atoms with Gasteiger partial charge in [-0.1, -0.05) is 48.0 Å². The highest BCUT2D eigenvalue weighted by Crippen LogP contribution is 2.20. The second kappa shape index (κ2) is 6.68. The third-order valence-corrected chi connectivity index (χ3v) is 3.09. The highest BCUT2D eigenvalue weighted by Gasteiger charge is 2.12. The van der Waals surface area contributed by atoms with Gasteiger partial charge in [0, 0.05) is 17.1 Å². The Kier molecular flexibility index (Phi) is 4.93. The van der Waals surface area contributed by atoms with Crippen LogP contribution in [-0.2, 0) is 6.54 Å². The Morgan fingerprint density at radius 2 is 2.25 bits per heavy atom. The van der Waals surface area contributed by atoms with Crippen molar-refractivity contribution in [2.45, 2.75) is 20.4 Å². The molecule has 0 saturated carbocycles. The number of nitrogens with zero attached hydrogens (tertiary/aromatic N) is 3.